The van der Waals surface area contributed by atoms with Crippen LogP contribution in [0, 0.1) is 11.3 Å². The molecule has 0 saturated carbocycles. The molecule has 0 bridgehead atoms. The molecule has 0 radical (unpaired) electrons. The molecule has 0 aliphatic rings. The zero-order chi connectivity index (χ0) is 13.5. The van der Waals surface area contributed by atoms with Crippen molar-refractivity contribution in [3.8, 4) is 17.6 Å². The molecule has 1 heterocycles. The molecule has 1 amide bonds. The van der Waals surface area contributed by atoms with E-state index in [0.29, 0.717) is 17.2 Å². The third-order valence-electron chi connectivity index (χ3n) is 2.23. The number of ether oxygens (including phenoxy) is 1. The number of pyridine rings is 1. The first-order valence-electron chi connectivity index (χ1n) is 5.62. The van der Waals surface area contributed by atoms with Gasteiger partial charge in [-0.3, -0.25) is 9.78 Å². The van der Waals surface area contributed by atoms with Crippen molar-refractivity contribution in [3.63, 3.8) is 0 Å². The number of nitrogens with zero attached hydrogens (tertiary/aromatic N) is 2. The second-order valence-corrected chi connectivity index (χ2v) is 3.70. The van der Waals surface area contributed by atoms with Crippen molar-refractivity contribution in [1.82, 2.24) is 4.98 Å². The second kappa shape index (κ2) is 6.17. The normalized spacial score (nSPS) is 9.42. The third-order valence-corrected chi connectivity index (χ3v) is 2.23. The Morgan fingerprint density at radius 3 is 2.89 bits per heavy atom. The fourth-order valence-corrected chi connectivity index (χ4v) is 1.46. The number of amides is 1. The average Bonchev–Trinajstić information content (AvgIpc) is 2.40. The number of anilines is 1. The molecule has 5 heteroatoms. The topological polar surface area (TPSA) is 75.0 Å². The summed E-state index contributed by atoms with van der Waals surface area (Å²) in [6.07, 6.45) is 3.08. The van der Waals surface area contributed by atoms with Crippen LogP contribution in [0.15, 0.2) is 48.8 Å². The standard InChI is InChI=1S/C14H11N3O2/c15-7-6-14(18)17-11-3-1-4-12(9-11)19-13-5-2-8-16-10-13/h1-5,8-10H,6H2,(H,17,18). The van der Waals surface area contributed by atoms with E-state index >= 15 is 0 Å². The van der Waals surface area contributed by atoms with Crippen LogP contribution in [0.1, 0.15) is 6.42 Å². The van der Waals surface area contributed by atoms with Crippen molar-refractivity contribution < 1.29 is 9.53 Å². The van der Waals surface area contributed by atoms with E-state index in [9.17, 15) is 4.79 Å². The van der Waals surface area contributed by atoms with E-state index in [-0.39, 0.29) is 12.3 Å². The summed E-state index contributed by atoms with van der Waals surface area (Å²) in [7, 11) is 0. The predicted molar refractivity (Wildman–Crippen MR) is 69.6 cm³/mol. The lowest BCUT2D eigenvalue weighted by atomic mass is 10.3. The van der Waals surface area contributed by atoms with Crippen LogP contribution < -0.4 is 10.1 Å². The Morgan fingerprint density at radius 1 is 1.32 bits per heavy atom. The summed E-state index contributed by atoms with van der Waals surface area (Å²) in [5.41, 5.74) is 0.585. The van der Waals surface area contributed by atoms with Gasteiger partial charge >= 0.3 is 0 Å². The molecule has 0 saturated heterocycles. The van der Waals surface area contributed by atoms with Gasteiger partial charge in [-0.15, -0.1) is 0 Å². The maximum atomic E-state index is 11.3. The van der Waals surface area contributed by atoms with Crippen molar-refractivity contribution in [1.29, 1.82) is 5.26 Å². The summed E-state index contributed by atoms with van der Waals surface area (Å²) in [4.78, 5) is 15.2. The van der Waals surface area contributed by atoms with Crippen LogP contribution in [-0.2, 0) is 4.79 Å². The molecule has 2 rings (SSSR count). The van der Waals surface area contributed by atoms with Gasteiger partial charge in [0, 0.05) is 18.0 Å². The van der Waals surface area contributed by atoms with E-state index in [1.165, 1.54) is 0 Å². The van der Waals surface area contributed by atoms with Gasteiger partial charge in [0.25, 0.3) is 0 Å². The molecule has 0 aliphatic heterocycles. The highest BCUT2D eigenvalue weighted by atomic mass is 16.5. The summed E-state index contributed by atoms with van der Waals surface area (Å²) in [5.74, 6) is 0.854. The van der Waals surface area contributed by atoms with Crippen molar-refractivity contribution in [3.05, 3.63) is 48.8 Å². The molecular formula is C14H11N3O2. The van der Waals surface area contributed by atoms with Crippen molar-refractivity contribution in [2.45, 2.75) is 6.42 Å². The highest BCUT2D eigenvalue weighted by Gasteiger charge is 2.03. The van der Waals surface area contributed by atoms with Crippen LogP contribution >= 0.6 is 0 Å². The SMILES string of the molecule is N#CCC(=O)Nc1cccc(Oc2cccnc2)c1. The number of nitrogens with one attached hydrogen (secondary N) is 1. The van der Waals surface area contributed by atoms with E-state index in [4.69, 9.17) is 10.00 Å². The molecule has 1 aromatic carbocycles. The van der Waals surface area contributed by atoms with Crippen LogP contribution in [0.4, 0.5) is 5.69 Å². The number of carbonyl (C=O) groups is 1. The van der Waals surface area contributed by atoms with Crippen molar-refractivity contribution in [2.75, 3.05) is 5.32 Å². The van der Waals surface area contributed by atoms with Gasteiger partial charge in [-0.05, 0) is 24.3 Å². The van der Waals surface area contributed by atoms with Gasteiger partial charge in [0.05, 0.1) is 12.3 Å². The maximum absolute atomic E-state index is 11.3. The van der Waals surface area contributed by atoms with Gasteiger partial charge in [0.15, 0.2) is 0 Å². The lowest BCUT2D eigenvalue weighted by molar-refractivity contribution is -0.115. The van der Waals surface area contributed by atoms with Gasteiger partial charge in [0.2, 0.25) is 5.91 Å². The molecule has 94 valence electrons. The van der Waals surface area contributed by atoms with Crippen LogP contribution in [-0.4, -0.2) is 10.9 Å². The average molecular weight is 253 g/mol. The molecule has 5 nitrogen and oxygen atoms in total. The minimum Gasteiger partial charge on any atom is -0.456 e. The number of nitriles is 1. The second-order valence-electron chi connectivity index (χ2n) is 3.70. The van der Waals surface area contributed by atoms with Gasteiger partial charge in [0.1, 0.15) is 17.9 Å². The van der Waals surface area contributed by atoms with Crippen LogP contribution in [0.2, 0.25) is 0 Å². The molecular weight excluding hydrogens is 242 g/mol. The van der Waals surface area contributed by atoms with E-state index in [2.05, 4.69) is 10.3 Å². The van der Waals surface area contributed by atoms with Crippen LogP contribution in [0.3, 0.4) is 0 Å². The Labute approximate surface area is 110 Å². The molecule has 19 heavy (non-hydrogen) atoms. The fraction of sp³-hybridized carbons (Fsp3) is 0.0714. The molecule has 1 N–H and O–H groups in total. The monoisotopic (exact) mass is 253 g/mol. The molecule has 0 unspecified atom stereocenters. The smallest absolute Gasteiger partial charge is 0.238 e. The largest absolute Gasteiger partial charge is 0.456 e. The van der Waals surface area contributed by atoms with E-state index < -0.39 is 0 Å². The molecule has 0 atom stereocenters. The predicted octanol–water partition coefficient (Wildman–Crippen LogP) is 2.73. The molecule has 1 aromatic heterocycles. The van der Waals surface area contributed by atoms with Crippen molar-refractivity contribution in [2.24, 2.45) is 0 Å². The number of hydrogen-bond acceptors (Lipinski definition) is 4. The number of hydrogen-bond donors (Lipinski definition) is 1. The Hall–Kier alpha value is -2.87. The van der Waals surface area contributed by atoms with Gasteiger partial charge < -0.3 is 10.1 Å². The Balaban J connectivity index is 2.07. The minimum atomic E-state index is -0.346. The highest BCUT2D eigenvalue weighted by Crippen LogP contribution is 2.23. The number of aromatic nitrogens is 1. The highest BCUT2D eigenvalue weighted by molar-refractivity contribution is 5.92. The summed E-state index contributed by atoms with van der Waals surface area (Å²) in [5, 5.41) is 11.0. The van der Waals surface area contributed by atoms with E-state index in [1.54, 1.807) is 54.9 Å². The zero-order valence-corrected chi connectivity index (χ0v) is 10.0. The quantitative estimate of drug-likeness (QED) is 0.909. The van der Waals surface area contributed by atoms with Gasteiger partial charge in [-0.25, -0.2) is 0 Å². The first kappa shape index (κ1) is 12.6. The van der Waals surface area contributed by atoms with Gasteiger partial charge in [-0.1, -0.05) is 6.07 Å². The molecule has 0 aliphatic carbocycles. The summed E-state index contributed by atoms with van der Waals surface area (Å²) in [6, 6.07) is 12.3. The van der Waals surface area contributed by atoms with E-state index in [0.717, 1.165) is 0 Å². The zero-order valence-electron chi connectivity index (χ0n) is 10.0. The number of benzene rings is 1. The molecule has 0 spiro atoms. The molecule has 2 aromatic rings. The molecule has 0 fully saturated rings. The van der Waals surface area contributed by atoms with Crippen LogP contribution in [0.25, 0.3) is 0 Å². The Morgan fingerprint density at radius 2 is 2.16 bits per heavy atom. The Kier molecular flexibility index (Phi) is 4.09. The summed E-state index contributed by atoms with van der Waals surface area (Å²) >= 11 is 0. The Bertz CT molecular complexity index is 606. The van der Waals surface area contributed by atoms with Crippen LogP contribution in [0.5, 0.6) is 11.5 Å². The maximum Gasteiger partial charge on any atom is 0.238 e. The lowest BCUT2D eigenvalue weighted by Gasteiger charge is -2.07. The number of carbonyl (C=O) groups excluding carboxylic acids is 1. The fourth-order valence-electron chi connectivity index (χ4n) is 1.46. The summed E-state index contributed by atoms with van der Waals surface area (Å²) < 4.78 is 5.58. The first-order chi connectivity index (χ1) is 9.28. The lowest BCUT2D eigenvalue weighted by Crippen LogP contribution is -2.09. The van der Waals surface area contributed by atoms with Gasteiger partial charge in [-0.2, -0.15) is 5.26 Å². The van der Waals surface area contributed by atoms with Crippen molar-refractivity contribution >= 4 is 11.6 Å². The number of rotatable bonds is 4. The van der Waals surface area contributed by atoms with E-state index in [1.807, 2.05) is 0 Å². The first-order valence-corrected chi connectivity index (χ1v) is 5.62. The third kappa shape index (κ3) is 3.82. The summed E-state index contributed by atoms with van der Waals surface area (Å²) in [6.45, 7) is 0. The minimum absolute atomic E-state index is 0.173.